The van der Waals surface area contributed by atoms with Crippen LogP contribution in [0.1, 0.15) is 12.5 Å². The summed E-state index contributed by atoms with van der Waals surface area (Å²) in [6.07, 6.45) is 4.78. The van der Waals surface area contributed by atoms with E-state index in [0.29, 0.717) is 22.9 Å². The molecule has 3 aromatic rings. The first-order valence-corrected chi connectivity index (χ1v) is 8.81. The van der Waals surface area contributed by atoms with Crippen LogP contribution in [0.3, 0.4) is 0 Å². The average Bonchev–Trinajstić information content (AvgIpc) is 3.09. The Balaban J connectivity index is 2.11. The normalized spacial score (nSPS) is 12.1. The maximum atomic E-state index is 7.49. The van der Waals surface area contributed by atoms with E-state index in [1.165, 1.54) is 6.21 Å². The number of hydrogen-bond acceptors (Lipinski definition) is 6. The smallest absolute Gasteiger partial charge is 0.160 e. The third-order valence-electron chi connectivity index (χ3n) is 4.26. The number of anilines is 3. The van der Waals surface area contributed by atoms with Crippen molar-refractivity contribution in [2.24, 2.45) is 4.99 Å². The first-order valence-electron chi connectivity index (χ1n) is 8.81. The zero-order valence-electron chi connectivity index (χ0n) is 15.9. The number of nitrogens with two attached hydrogens (primary N) is 1. The van der Waals surface area contributed by atoms with Crippen LogP contribution in [0.15, 0.2) is 72.0 Å². The molecule has 0 saturated heterocycles. The minimum absolute atomic E-state index is 0.558. The molecule has 0 aliphatic rings. The van der Waals surface area contributed by atoms with Crippen LogP contribution in [0.2, 0.25) is 0 Å². The predicted molar refractivity (Wildman–Crippen MR) is 118 cm³/mol. The zero-order chi connectivity index (χ0) is 20.1. The highest BCUT2D eigenvalue weighted by Gasteiger charge is 2.13. The molecule has 0 radical (unpaired) electrons. The molecule has 3 rings (SSSR count). The Hall–Kier alpha value is -3.87. The highest BCUT2D eigenvalue weighted by Crippen LogP contribution is 2.27. The Bertz CT molecular complexity index is 1090. The molecule has 1 aromatic heterocycles. The van der Waals surface area contributed by atoms with Gasteiger partial charge in [0, 0.05) is 35.6 Å². The third kappa shape index (κ3) is 3.64. The van der Waals surface area contributed by atoms with Crippen molar-refractivity contribution in [1.82, 2.24) is 15.1 Å². The van der Waals surface area contributed by atoms with Gasteiger partial charge in [0.15, 0.2) is 11.7 Å². The van der Waals surface area contributed by atoms with Crippen LogP contribution in [0.25, 0.3) is 10.9 Å². The minimum Gasteiger partial charge on any atom is -0.398 e. The van der Waals surface area contributed by atoms with Crippen LogP contribution in [0.5, 0.6) is 0 Å². The fourth-order valence-electron chi connectivity index (χ4n) is 2.82. The topological polar surface area (TPSA) is 104 Å². The van der Waals surface area contributed by atoms with Crippen molar-refractivity contribution < 1.29 is 0 Å². The summed E-state index contributed by atoms with van der Waals surface area (Å²) in [5.41, 5.74) is 8.78. The van der Waals surface area contributed by atoms with Crippen molar-refractivity contribution in [3.8, 4) is 0 Å². The van der Waals surface area contributed by atoms with Gasteiger partial charge in [0.2, 0.25) is 0 Å². The predicted octanol–water partition coefficient (Wildman–Crippen LogP) is 3.87. The summed E-state index contributed by atoms with van der Waals surface area (Å²) in [7, 11) is 1.82. The molecule has 0 aliphatic heterocycles. The van der Waals surface area contributed by atoms with Gasteiger partial charge in [-0.05, 0) is 49.4 Å². The molecule has 5 N–H and O–H groups in total. The summed E-state index contributed by atoms with van der Waals surface area (Å²) in [6, 6.07) is 13.3. The third-order valence-corrected chi connectivity index (χ3v) is 4.26. The van der Waals surface area contributed by atoms with Gasteiger partial charge in [0.25, 0.3) is 0 Å². The number of para-hydroxylation sites is 1. The van der Waals surface area contributed by atoms with Crippen LogP contribution in [-0.2, 0) is 0 Å². The van der Waals surface area contributed by atoms with Gasteiger partial charge in [-0.25, -0.2) is 9.67 Å². The highest BCUT2D eigenvalue weighted by atomic mass is 15.3. The number of aromatic nitrogens is 2. The van der Waals surface area contributed by atoms with Gasteiger partial charge in [-0.1, -0.05) is 18.7 Å². The van der Waals surface area contributed by atoms with E-state index < -0.39 is 0 Å². The lowest BCUT2D eigenvalue weighted by Gasteiger charge is -2.07. The van der Waals surface area contributed by atoms with Gasteiger partial charge in [-0.15, -0.1) is 5.10 Å². The molecule has 0 aliphatic carbocycles. The maximum Gasteiger partial charge on any atom is 0.160 e. The summed E-state index contributed by atoms with van der Waals surface area (Å²) >= 11 is 0. The SMILES string of the molecule is C=C/C(=N\C(=C/C)NC)n1nc(Nc2ccc(N)c(C=N)c2)c2ccccc21. The van der Waals surface area contributed by atoms with E-state index in [1.54, 1.807) is 16.8 Å². The number of fused-ring (bicyclic) bond motifs is 1. The van der Waals surface area contributed by atoms with Crippen LogP contribution >= 0.6 is 0 Å². The molecular weight excluding hydrogens is 350 g/mol. The fraction of sp³-hybridized carbons (Fsp3) is 0.0952. The number of rotatable bonds is 6. The van der Waals surface area contributed by atoms with E-state index in [-0.39, 0.29) is 0 Å². The average molecular weight is 373 g/mol. The van der Waals surface area contributed by atoms with E-state index in [4.69, 9.17) is 16.2 Å². The van der Waals surface area contributed by atoms with Crippen LogP contribution < -0.4 is 16.4 Å². The van der Waals surface area contributed by atoms with Crippen LogP contribution in [-0.4, -0.2) is 28.9 Å². The van der Waals surface area contributed by atoms with Crippen molar-refractivity contribution in [1.29, 1.82) is 5.41 Å². The fourth-order valence-corrected chi connectivity index (χ4v) is 2.82. The lowest BCUT2D eigenvalue weighted by Crippen LogP contribution is -2.14. The molecule has 142 valence electrons. The molecular formula is C21H23N7. The summed E-state index contributed by atoms with van der Waals surface area (Å²) in [5, 5.41) is 19.5. The Morgan fingerprint density at radius 3 is 2.75 bits per heavy atom. The quantitative estimate of drug-likeness (QED) is 0.299. The molecule has 0 spiro atoms. The zero-order valence-corrected chi connectivity index (χ0v) is 15.9. The van der Waals surface area contributed by atoms with Gasteiger partial charge in [0.05, 0.1) is 5.52 Å². The van der Waals surface area contributed by atoms with Crippen molar-refractivity contribution >= 4 is 40.1 Å². The van der Waals surface area contributed by atoms with Crippen molar-refractivity contribution in [2.75, 3.05) is 18.1 Å². The number of aliphatic imine (C=N–C) groups is 1. The Labute approximate surface area is 163 Å². The van der Waals surface area contributed by atoms with E-state index in [9.17, 15) is 0 Å². The summed E-state index contributed by atoms with van der Waals surface area (Å²) in [6.45, 7) is 5.79. The number of nitrogen functional groups attached to an aromatic ring is 1. The van der Waals surface area contributed by atoms with E-state index in [1.807, 2.05) is 56.4 Å². The standard InChI is InChI=1S/C21H23N7/c1-4-19(24-3)26-20(5-2)28-18-9-7-6-8-16(18)21(27-28)25-15-10-11-17(23)14(12-15)13-22/h4-13,22,24H,2,23H2,1,3H3,(H,25,27)/b19-4-,22-13?,26-20+. The van der Waals surface area contributed by atoms with Gasteiger partial charge >= 0.3 is 0 Å². The van der Waals surface area contributed by atoms with E-state index >= 15 is 0 Å². The van der Waals surface area contributed by atoms with Crippen molar-refractivity contribution in [3.63, 3.8) is 0 Å². The number of allylic oxidation sites excluding steroid dienone is 2. The molecule has 0 amide bonds. The molecule has 0 atom stereocenters. The monoisotopic (exact) mass is 373 g/mol. The first kappa shape index (κ1) is 18.9. The van der Waals surface area contributed by atoms with Gasteiger partial charge in [-0.2, -0.15) is 0 Å². The summed E-state index contributed by atoms with van der Waals surface area (Å²) in [4.78, 5) is 4.59. The molecule has 0 bridgehead atoms. The van der Waals surface area contributed by atoms with Crippen LogP contribution in [0, 0.1) is 5.41 Å². The van der Waals surface area contributed by atoms with Crippen LogP contribution in [0.4, 0.5) is 17.2 Å². The van der Waals surface area contributed by atoms with Crippen molar-refractivity contribution in [3.05, 3.63) is 72.6 Å². The minimum atomic E-state index is 0.558. The van der Waals surface area contributed by atoms with Gasteiger partial charge < -0.3 is 21.8 Å². The van der Waals surface area contributed by atoms with E-state index in [2.05, 4.69) is 22.2 Å². The highest BCUT2D eigenvalue weighted by molar-refractivity contribution is 6.04. The molecule has 28 heavy (non-hydrogen) atoms. The number of nitrogens with one attached hydrogen (secondary N) is 3. The Kier molecular flexibility index (Phi) is 5.55. The second-order valence-electron chi connectivity index (χ2n) is 5.99. The number of nitrogens with zero attached hydrogens (tertiary/aromatic N) is 3. The molecule has 7 nitrogen and oxygen atoms in total. The lowest BCUT2D eigenvalue weighted by atomic mass is 10.1. The largest absolute Gasteiger partial charge is 0.398 e. The Morgan fingerprint density at radius 2 is 2.07 bits per heavy atom. The first-order chi connectivity index (χ1) is 13.6. The molecule has 0 fully saturated rings. The number of benzene rings is 2. The van der Waals surface area contributed by atoms with E-state index in [0.717, 1.165) is 22.4 Å². The maximum absolute atomic E-state index is 7.49. The Morgan fingerprint density at radius 1 is 1.29 bits per heavy atom. The molecule has 1 heterocycles. The molecule has 7 heteroatoms. The second-order valence-corrected chi connectivity index (χ2v) is 5.99. The summed E-state index contributed by atoms with van der Waals surface area (Å²) < 4.78 is 1.75. The van der Waals surface area contributed by atoms with Crippen molar-refractivity contribution in [2.45, 2.75) is 6.92 Å². The van der Waals surface area contributed by atoms with Gasteiger partial charge in [0.1, 0.15) is 5.82 Å². The number of hydrogen-bond donors (Lipinski definition) is 4. The summed E-state index contributed by atoms with van der Waals surface area (Å²) in [5.74, 6) is 2.00. The molecule has 0 unspecified atom stereocenters. The van der Waals surface area contributed by atoms with Gasteiger partial charge in [-0.3, -0.25) is 0 Å². The molecule has 0 saturated carbocycles. The second kappa shape index (κ2) is 8.22. The lowest BCUT2D eigenvalue weighted by molar-refractivity contribution is 0.924. The molecule has 2 aromatic carbocycles.